The number of nitrogens with two attached hydrogens (primary N) is 2. The van der Waals surface area contributed by atoms with Gasteiger partial charge in [-0.25, -0.2) is 4.99 Å². The van der Waals surface area contributed by atoms with E-state index < -0.39 is 16.9 Å². The summed E-state index contributed by atoms with van der Waals surface area (Å²) >= 11 is 0. The highest BCUT2D eigenvalue weighted by Crippen LogP contribution is 2.34. The standard InChI is InChI=1S/C14H12N6O4/c1-24-6-2-3-7(9(4-6)20(22)23)11(15)8-5-17-12-10(8)13(21)19-14(16)18-12/h2-5,11H,15H2,1H3,(H2,16,19,21). The van der Waals surface area contributed by atoms with Gasteiger partial charge in [0.25, 0.3) is 11.6 Å². The van der Waals surface area contributed by atoms with Crippen LogP contribution >= 0.6 is 0 Å². The summed E-state index contributed by atoms with van der Waals surface area (Å²) in [5, 5.41) is 11.3. The number of amides is 1. The Morgan fingerprint density at radius 2 is 2.08 bits per heavy atom. The number of fused-ring (bicyclic) bond motifs is 1. The summed E-state index contributed by atoms with van der Waals surface area (Å²) in [4.78, 5) is 34.2. The lowest BCUT2D eigenvalue weighted by atomic mass is 9.94. The molecule has 1 aromatic carbocycles. The smallest absolute Gasteiger partial charge is 0.284 e. The minimum atomic E-state index is -0.957. The van der Waals surface area contributed by atoms with E-state index in [-0.39, 0.29) is 28.6 Å². The number of benzene rings is 1. The van der Waals surface area contributed by atoms with Crippen molar-refractivity contribution in [3.05, 3.63) is 45.0 Å². The number of ether oxygens (including phenoxy) is 1. The Morgan fingerprint density at radius 3 is 2.75 bits per heavy atom. The van der Waals surface area contributed by atoms with Gasteiger partial charge in [0.05, 0.1) is 35.3 Å². The van der Waals surface area contributed by atoms with Gasteiger partial charge >= 0.3 is 0 Å². The van der Waals surface area contributed by atoms with E-state index in [0.29, 0.717) is 11.3 Å². The number of nitrogens with zero attached hydrogens (tertiary/aromatic N) is 4. The van der Waals surface area contributed by atoms with Crippen LogP contribution in [-0.2, 0) is 4.79 Å². The Hall–Kier alpha value is -3.40. The van der Waals surface area contributed by atoms with Gasteiger partial charge in [0, 0.05) is 11.8 Å². The molecule has 1 atom stereocenters. The summed E-state index contributed by atoms with van der Waals surface area (Å²) in [6.07, 6.45) is 1.35. The molecular formula is C14H12N6O4. The molecule has 122 valence electrons. The van der Waals surface area contributed by atoms with E-state index in [1.165, 1.54) is 25.5 Å². The van der Waals surface area contributed by atoms with E-state index in [2.05, 4.69) is 15.0 Å². The quantitative estimate of drug-likeness (QED) is 0.594. The lowest BCUT2D eigenvalue weighted by Gasteiger charge is -2.15. The monoisotopic (exact) mass is 328 g/mol. The first-order valence-corrected chi connectivity index (χ1v) is 6.76. The molecule has 10 heteroatoms. The Labute approximate surface area is 135 Å². The van der Waals surface area contributed by atoms with E-state index in [1.54, 1.807) is 6.07 Å². The topological polar surface area (TPSA) is 159 Å². The molecule has 0 spiro atoms. The van der Waals surface area contributed by atoms with Gasteiger partial charge in [0.15, 0.2) is 5.84 Å². The van der Waals surface area contributed by atoms with Crippen LogP contribution in [0.2, 0.25) is 0 Å². The number of rotatable bonds is 4. The van der Waals surface area contributed by atoms with Gasteiger partial charge in [-0.2, -0.15) is 9.98 Å². The van der Waals surface area contributed by atoms with Crippen molar-refractivity contribution >= 4 is 29.6 Å². The Kier molecular flexibility index (Phi) is 3.66. The number of hydrogen-bond donors (Lipinski definition) is 2. The van der Waals surface area contributed by atoms with E-state index in [9.17, 15) is 14.9 Å². The van der Waals surface area contributed by atoms with Crippen molar-refractivity contribution in [1.82, 2.24) is 0 Å². The molecule has 0 bridgehead atoms. The zero-order valence-electron chi connectivity index (χ0n) is 12.5. The molecule has 24 heavy (non-hydrogen) atoms. The van der Waals surface area contributed by atoms with Crippen LogP contribution in [0.5, 0.6) is 5.75 Å². The summed E-state index contributed by atoms with van der Waals surface area (Å²) in [6.45, 7) is 0. The second-order valence-electron chi connectivity index (χ2n) is 4.96. The minimum Gasteiger partial charge on any atom is -0.497 e. The van der Waals surface area contributed by atoms with Crippen LogP contribution in [0.4, 0.5) is 5.69 Å². The maximum absolute atomic E-state index is 12.1. The van der Waals surface area contributed by atoms with E-state index in [4.69, 9.17) is 16.2 Å². The minimum absolute atomic E-state index is 0.0989. The maximum Gasteiger partial charge on any atom is 0.284 e. The van der Waals surface area contributed by atoms with Crippen molar-refractivity contribution in [3.8, 4) is 5.75 Å². The molecule has 0 saturated carbocycles. The summed E-state index contributed by atoms with van der Waals surface area (Å²) in [7, 11) is 1.40. The Morgan fingerprint density at radius 1 is 1.33 bits per heavy atom. The molecule has 0 saturated heterocycles. The number of hydrogen-bond acceptors (Lipinski definition) is 8. The number of amidine groups is 1. The highest BCUT2D eigenvalue weighted by atomic mass is 16.6. The van der Waals surface area contributed by atoms with Crippen molar-refractivity contribution in [2.75, 3.05) is 7.11 Å². The number of carbonyl (C=O) groups excluding carboxylic acids is 1. The summed E-state index contributed by atoms with van der Waals surface area (Å²) in [6, 6.07) is 3.33. The molecule has 10 nitrogen and oxygen atoms in total. The zero-order chi connectivity index (χ0) is 17.4. The van der Waals surface area contributed by atoms with Crippen LogP contribution in [0.15, 0.2) is 44.3 Å². The number of methoxy groups -OCH3 is 1. The predicted molar refractivity (Wildman–Crippen MR) is 86.2 cm³/mol. The average Bonchev–Trinajstić information content (AvgIpc) is 2.97. The summed E-state index contributed by atoms with van der Waals surface area (Å²) in [5.74, 6) is -0.393. The molecule has 1 aromatic rings. The highest BCUT2D eigenvalue weighted by Gasteiger charge is 2.33. The molecule has 1 unspecified atom stereocenters. The Bertz CT molecular complexity index is 883. The molecule has 2 aliphatic rings. The van der Waals surface area contributed by atoms with E-state index in [0.717, 1.165) is 0 Å². The van der Waals surface area contributed by atoms with Crippen molar-refractivity contribution in [1.29, 1.82) is 0 Å². The van der Waals surface area contributed by atoms with E-state index in [1.807, 2.05) is 0 Å². The third-order valence-corrected chi connectivity index (χ3v) is 3.59. The summed E-state index contributed by atoms with van der Waals surface area (Å²) < 4.78 is 4.99. The maximum atomic E-state index is 12.1. The van der Waals surface area contributed by atoms with Gasteiger partial charge in [0.1, 0.15) is 5.75 Å². The van der Waals surface area contributed by atoms with Crippen LogP contribution < -0.4 is 16.2 Å². The van der Waals surface area contributed by atoms with Crippen molar-refractivity contribution in [2.24, 2.45) is 26.4 Å². The number of guanidine groups is 1. The van der Waals surface area contributed by atoms with Gasteiger partial charge < -0.3 is 16.2 Å². The summed E-state index contributed by atoms with van der Waals surface area (Å²) in [5.41, 5.74) is 12.0. The lowest BCUT2D eigenvalue weighted by molar-refractivity contribution is -0.385. The van der Waals surface area contributed by atoms with Crippen LogP contribution in [-0.4, -0.2) is 36.0 Å². The largest absolute Gasteiger partial charge is 0.497 e. The van der Waals surface area contributed by atoms with Crippen molar-refractivity contribution in [2.45, 2.75) is 6.04 Å². The number of nitro groups is 1. The lowest BCUT2D eigenvalue weighted by Crippen LogP contribution is -2.25. The van der Waals surface area contributed by atoms with Crippen molar-refractivity contribution < 1.29 is 14.5 Å². The van der Waals surface area contributed by atoms with Crippen LogP contribution in [0, 0.1) is 10.1 Å². The van der Waals surface area contributed by atoms with Gasteiger partial charge in [-0.1, -0.05) is 0 Å². The Balaban J connectivity index is 2.09. The molecule has 0 fully saturated rings. The molecule has 4 N–H and O–H groups in total. The first-order chi connectivity index (χ1) is 11.4. The fraction of sp³-hybridized carbons (Fsp3) is 0.143. The molecule has 3 rings (SSSR count). The fourth-order valence-electron chi connectivity index (χ4n) is 2.46. The normalized spacial score (nSPS) is 17.3. The first kappa shape index (κ1) is 15.5. The van der Waals surface area contributed by atoms with Gasteiger partial charge in [0.2, 0.25) is 5.96 Å². The van der Waals surface area contributed by atoms with Crippen LogP contribution in [0.1, 0.15) is 11.6 Å². The third-order valence-electron chi connectivity index (χ3n) is 3.59. The SMILES string of the molecule is COc1ccc(C(N)C2=C3C(=O)N=C(N)N=C3N=C2)c([N+](=O)[O-])c1. The first-order valence-electron chi connectivity index (χ1n) is 6.76. The number of carbonyl (C=O) groups is 1. The van der Waals surface area contributed by atoms with Crippen LogP contribution in [0.3, 0.4) is 0 Å². The molecule has 2 aliphatic heterocycles. The third kappa shape index (κ3) is 2.44. The predicted octanol–water partition coefficient (Wildman–Crippen LogP) is 0.238. The second-order valence-corrected chi connectivity index (χ2v) is 4.96. The van der Waals surface area contributed by atoms with Crippen molar-refractivity contribution in [3.63, 3.8) is 0 Å². The van der Waals surface area contributed by atoms with Crippen LogP contribution in [0.25, 0.3) is 0 Å². The van der Waals surface area contributed by atoms with E-state index >= 15 is 0 Å². The molecule has 2 heterocycles. The second kappa shape index (κ2) is 5.66. The van der Waals surface area contributed by atoms with Gasteiger partial charge in [-0.15, -0.1) is 0 Å². The average molecular weight is 328 g/mol. The highest BCUT2D eigenvalue weighted by molar-refractivity contribution is 6.34. The van der Waals surface area contributed by atoms with Gasteiger partial charge in [-0.05, 0) is 12.1 Å². The molecule has 0 aromatic heterocycles. The molecular weight excluding hydrogens is 316 g/mol. The zero-order valence-corrected chi connectivity index (χ0v) is 12.5. The fourth-order valence-corrected chi connectivity index (χ4v) is 2.46. The number of nitro benzene ring substituents is 1. The molecule has 0 aliphatic carbocycles. The van der Waals surface area contributed by atoms with Gasteiger partial charge in [-0.3, -0.25) is 14.9 Å². The molecule has 1 amide bonds. The molecule has 0 radical (unpaired) electrons. The number of aliphatic imine (C=N–C) groups is 3.